The molecule has 0 unspecified atom stereocenters. The normalized spacial score (nSPS) is 14.9. The molecule has 1 aliphatic heterocycles. The van der Waals surface area contributed by atoms with E-state index in [1.165, 1.54) is 12.8 Å². The number of rotatable bonds is 2. The molecule has 0 aliphatic carbocycles. The van der Waals surface area contributed by atoms with Gasteiger partial charge < -0.3 is 4.90 Å². The van der Waals surface area contributed by atoms with E-state index in [1.54, 1.807) is 0 Å². The van der Waals surface area contributed by atoms with Crippen molar-refractivity contribution >= 4 is 5.95 Å². The lowest BCUT2D eigenvalue weighted by molar-refractivity contribution is 0.885. The summed E-state index contributed by atoms with van der Waals surface area (Å²) in [7, 11) is 0. The van der Waals surface area contributed by atoms with Crippen molar-refractivity contribution in [2.24, 2.45) is 0 Å². The van der Waals surface area contributed by atoms with Crippen molar-refractivity contribution in [3.05, 3.63) is 35.8 Å². The standard InChI is InChI=1S/C15H18N4/c1-11-12(2)17-15(19-9-3-4-10-19)18-14(11)13-5-7-16-8-6-13/h5-8H,3-4,9-10H2,1-2H3. The number of anilines is 1. The molecule has 98 valence electrons. The summed E-state index contributed by atoms with van der Waals surface area (Å²) in [5.41, 5.74) is 4.34. The summed E-state index contributed by atoms with van der Waals surface area (Å²) in [5, 5.41) is 0. The molecule has 1 fully saturated rings. The van der Waals surface area contributed by atoms with Crippen molar-refractivity contribution in [2.45, 2.75) is 26.7 Å². The van der Waals surface area contributed by atoms with Crippen LogP contribution in [0.1, 0.15) is 24.1 Å². The Labute approximate surface area is 113 Å². The Bertz CT molecular complexity index is 574. The number of nitrogens with zero attached hydrogens (tertiary/aromatic N) is 4. The number of aromatic nitrogens is 3. The van der Waals surface area contributed by atoms with Crippen molar-refractivity contribution in [3.8, 4) is 11.3 Å². The van der Waals surface area contributed by atoms with Gasteiger partial charge >= 0.3 is 0 Å². The van der Waals surface area contributed by atoms with E-state index in [2.05, 4.69) is 28.7 Å². The lowest BCUT2D eigenvalue weighted by Gasteiger charge is -2.18. The van der Waals surface area contributed by atoms with Gasteiger partial charge in [-0.3, -0.25) is 4.98 Å². The maximum atomic E-state index is 4.77. The lowest BCUT2D eigenvalue weighted by Crippen LogP contribution is -2.21. The van der Waals surface area contributed by atoms with E-state index in [-0.39, 0.29) is 0 Å². The fourth-order valence-corrected chi connectivity index (χ4v) is 2.46. The maximum Gasteiger partial charge on any atom is 0.226 e. The zero-order valence-corrected chi connectivity index (χ0v) is 11.4. The Morgan fingerprint density at radius 1 is 1.00 bits per heavy atom. The zero-order chi connectivity index (χ0) is 13.2. The van der Waals surface area contributed by atoms with Crippen LogP contribution in [-0.4, -0.2) is 28.0 Å². The van der Waals surface area contributed by atoms with Crippen LogP contribution in [0.3, 0.4) is 0 Å². The molecule has 1 aliphatic rings. The molecule has 19 heavy (non-hydrogen) atoms. The number of hydrogen-bond donors (Lipinski definition) is 0. The van der Waals surface area contributed by atoms with E-state index in [4.69, 9.17) is 4.98 Å². The van der Waals surface area contributed by atoms with Gasteiger partial charge in [0.25, 0.3) is 0 Å². The molecule has 3 heterocycles. The molecule has 0 bridgehead atoms. The number of aryl methyl sites for hydroxylation is 1. The highest BCUT2D eigenvalue weighted by Gasteiger charge is 2.18. The molecule has 4 heteroatoms. The molecule has 2 aromatic heterocycles. The molecular formula is C15H18N4. The predicted molar refractivity (Wildman–Crippen MR) is 76.2 cm³/mol. The summed E-state index contributed by atoms with van der Waals surface area (Å²) >= 11 is 0. The van der Waals surface area contributed by atoms with Crippen molar-refractivity contribution in [1.82, 2.24) is 15.0 Å². The van der Waals surface area contributed by atoms with Crippen LogP contribution >= 0.6 is 0 Å². The Morgan fingerprint density at radius 2 is 1.68 bits per heavy atom. The van der Waals surface area contributed by atoms with Gasteiger partial charge in [-0.25, -0.2) is 9.97 Å². The Hall–Kier alpha value is -1.97. The minimum absolute atomic E-state index is 0.868. The van der Waals surface area contributed by atoms with Crippen molar-refractivity contribution in [1.29, 1.82) is 0 Å². The molecule has 1 saturated heterocycles. The Kier molecular flexibility index (Phi) is 3.15. The zero-order valence-electron chi connectivity index (χ0n) is 11.4. The van der Waals surface area contributed by atoms with Crippen LogP contribution in [0.4, 0.5) is 5.95 Å². The molecule has 3 rings (SSSR count). The SMILES string of the molecule is Cc1nc(N2CCCC2)nc(-c2ccncc2)c1C. The quantitative estimate of drug-likeness (QED) is 0.826. The minimum atomic E-state index is 0.868. The monoisotopic (exact) mass is 254 g/mol. The molecule has 0 saturated carbocycles. The smallest absolute Gasteiger partial charge is 0.226 e. The molecule has 4 nitrogen and oxygen atoms in total. The first-order chi connectivity index (χ1) is 9.25. The van der Waals surface area contributed by atoms with Gasteiger partial charge in [-0.05, 0) is 44.4 Å². The molecular weight excluding hydrogens is 236 g/mol. The number of hydrogen-bond acceptors (Lipinski definition) is 4. The topological polar surface area (TPSA) is 41.9 Å². The summed E-state index contributed by atoms with van der Waals surface area (Å²) in [6, 6.07) is 4.01. The van der Waals surface area contributed by atoms with E-state index in [0.29, 0.717) is 0 Å². The van der Waals surface area contributed by atoms with Crippen LogP contribution in [0.2, 0.25) is 0 Å². The summed E-state index contributed by atoms with van der Waals surface area (Å²) in [6.45, 7) is 6.27. The summed E-state index contributed by atoms with van der Waals surface area (Å²) in [5.74, 6) is 0.868. The fraction of sp³-hybridized carbons (Fsp3) is 0.400. The van der Waals surface area contributed by atoms with Crippen LogP contribution < -0.4 is 4.90 Å². The first kappa shape index (κ1) is 12.1. The third kappa shape index (κ3) is 2.30. The molecule has 0 radical (unpaired) electrons. The van der Waals surface area contributed by atoms with E-state index in [0.717, 1.165) is 41.6 Å². The van der Waals surface area contributed by atoms with Gasteiger partial charge in [0.2, 0.25) is 5.95 Å². The lowest BCUT2D eigenvalue weighted by atomic mass is 10.1. The summed E-state index contributed by atoms with van der Waals surface area (Å²) < 4.78 is 0. The summed E-state index contributed by atoms with van der Waals surface area (Å²) in [4.78, 5) is 15.8. The van der Waals surface area contributed by atoms with Gasteiger partial charge in [0.05, 0.1) is 5.69 Å². The van der Waals surface area contributed by atoms with Crippen LogP contribution in [-0.2, 0) is 0 Å². The molecule has 0 aromatic carbocycles. The first-order valence-corrected chi connectivity index (χ1v) is 6.76. The van der Waals surface area contributed by atoms with Crippen molar-refractivity contribution in [3.63, 3.8) is 0 Å². The van der Waals surface area contributed by atoms with Gasteiger partial charge in [0.1, 0.15) is 0 Å². The Balaban J connectivity index is 2.08. The second-order valence-corrected chi connectivity index (χ2v) is 5.01. The minimum Gasteiger partial charge on any atom is -0.341 e. The molecule has 0 N–H and O–H groups in total. The average Bonchev–Trinajstić information content (AvgIpc) is 2.97. The van der Waals surface area contributed by atoms with Crippen molar-refractivity contribution < 1.29 is 0 Å². The molecule has 0 atom stereocenters. The van der Waals surface area contributed by atoms with E-state index >= 15 is 0 Å². The first-order valence-electron chi connectivity index (χ1n) is 6.76. The van der Waals surface area contributed by atoms with Crippen LogP contribution in [0.15, 0.2) is 24.5 Å². The van der Waals surface area contributed by atoms with Crippen LogP contribution in [0.5, 0.6) is 0 Å². The van der Waals surface area contributed by atoms with E-state index in [9.17, 15) is 0 Å². The number of pyridine rings is 1. The van der Waals surface area contributed by atoms with Crippen LogP contribution in [0.25, 0.3) is 11.3 Å². The average molecular weight is 254 g/mol. The fourth-order valence-electron chi connectivity index (χ4n) is 2.46. The van der Waals surface area contributed by atoms with E-state index in [1.807, 2.05) is 24.5 Å². The van der Waals surface area contributed by atoms with Crippen molar-refractivity contribution in [2.75, 3.05) is 18.0 Å². The van der Waals surface area contributed by atoms with Gasteiger partial charge in [-0.15, -0.1) is 0 Å². The third-order valence-electron chi connectivity index (χ3n) is 3.72. The summed E-state index contributed by atoms with van der Waals surface area (Å²) in [6.07, 6.45) is 6.09. The third-order valence-corrected chi connectivity index (χ3v) is 3.72. The molecule has 2 aromatic rings. The van der Waals surface area contributed by atoms with Gasteiger partial charge in [-0.2, -0.15) is 0 Å². The maximum absolute atomic E-state index is 4.77. The van der Waals surface area contributed by atoms with E-state index < -0.39 is 0 Å². The molecule has 0 amide bonds. The highest BCUT2D eigenvalue weighted by molar-refractivity contribution is 5.64. The van der Waals surface area contributed by atoms with Gasteiger partial charge in [0, 0.05) is 36.7 Å². The largest absolute Gasteiger partial charge is 0.341 e. The predicted octanol–water partition coefficient (Wildman–Crippen LogP) is 2.76. The van der Waals surface area contributed by atoms with Gasteiger partial charge in [0.15, 0.2) is 0 Å². The second kappa shape index (κ2) is 4.96. The van der Waals surface area contributed by atoms with Crippen LogP contribution in [0, 0.1) is 13.8 Å². The molecule has 0 spiro atoms. The second-order valence-electron chi connectivity index (χ2n) is 5.01. The highest BCUT2D eigenvalue weighted by Crippen LogP contribution is 2.26. The van der Waals surface area contributed by atoms with Gasteiger partial charge in [-0.1, -0.05) is 0 Å². The Morgan fingerprint density at radius 3 is 2.37 bits per heavy atom. The highest BCUT2D eigenvalue weighted by atomic mass is 15.3.